The molecule has 1 rings (SSSR count). The van der Waals surface area contributed by atoms with Crippen LogP contribution in [0.2, 0.25) is 0 Å². The lowest BCUT2D eigenvalue weighted by atomic mass is 10.0. The molecule has 0 saturated carbocycles. The summed E-state index contributed by atoms with van der Waals surface area (Å²) < 4.78 is 6.82. The fourth-order valence-electron chi connectivity index (χ4n) is 1.64. The van der Waals surface area contributed by atoms with E-state index in [1.54, 1.807) is 18.0 Å². The number of rotatable bonds is 6. The maximum atomic E-state index is 5.52. The van der Waals surface area contributed by atoms with Crippen molar-refractivity contribution in [3.05, 3.63) is 11.9 Å². The molecule has 2 atom stereocenters. The lowest BCUT2D eigenvalue weighted by Crippen LogP contribution is -2.31. The number of nitrogens with zero attached hydrogens (tertiary/aromatic N) is 3. The van der Waals surface area contributed by atoms with Gasteiger partial charge in [0.15, 0.2) is 0 Å². The molecule has 15 heavy (non-hydrogen) atoms. The van der Waals surface area contributed by atoms with Gasteiger partial charge in [-0.25, -0.2) is 0 Å². The quantitative estimate of drug-likeness (QED) is 0.513. The maximum absolute atomic E-state index is 5.52. The zero-order chi connectivity index (χ0) is 11.3. The SMILES string of the molecule is COCC(C)CC(NN)c1cnnn1C. The first-order valence-corrected chi connectivity index (χ1v) is 4.98. The highest BCUT2D eigenvalue weighted by atomic mass is 16.5. The van der Waals surface area contributed by atoms with Gasteiger partial charge in [-0.2, -0.15) is 0 Å². The molecule has 1 aromatic heterocycles. The molecule has 0 saturated heterocycles. The molecule has 0 aliphatic carbocycles. The van der Waals surface area contributed by atoms with Crippen molar-refractivity contribution in [2.24, 2.45) is 18.8 Å². The number of methoxy groups -OCH3 is 1. The van der Waals surface area contributed by atoms with E-state index in [2.05, 4.69) is 22.7 Å². The van der Waals surface area contributed by atoms with Crippen molar-refractivity contribution in [2.75, 3.05) is 13.7 Å². The zero-order valence-corrected chi connectivity index (χ0v) is 9.47. The van der Waals surface area contributed by atoms with Crippen LogP contribution in [0, 0.1) is 5.92 Å². The predicted octanol–water partition coefficient (Wildman–Crippen LogP) is -0.00790. The predicted molar refractivity (Wildman–Crippen MR) is 56.7 cm³/mol. The van der Waals surface area contributed by atoms with Gasteiger partial charge in [-0.05, 0) is 12.3 Å². The third kappa shape index (κ3) is 3.26. The summed E-state index contributed by atoms with van der Waals surface area (Å²) in [6.45, 7) is 2.85. The Morgan fingerprint density at radius 3 is 2.87 bits per heavy atom. The highest BCUT2D eigenvalue weighted by Gasteiger charge is 2.17. The van der Waals surface area contributed by atoms with E-state index < -0.39 is 0 Å². The first-order chi connectivity index (χ1) is 7.19. The van der Waals surface area contributed by atoms with Gasteiger partial charge in [0.05, 0.1) is 17.9 Å². The number of aromatic nitrogens is 3. The molecule has 2 unspecified atom stereocenters. The molecule has 0 aliphatic heterocycles. The highest BCUT2D eigenvalue weighted by Crippen LogP contribution is 2.19. The van der Waals surface area contributed by atoms with Crippen LogP contribution in [0.3, 0.4) is 0 Å². The second-order valence-corrected chi connectivity index (χ2v) is 3.80. The van der Waals surface area contributed by atoms with Gasteiger partial charge in [0.1, 0.15) is 0 Å². The topological polar surface area (TPSA) is 78.0 Å². The molecule has 6 heteroatoms. The van der Waals surface area contributed by atoms with Crippen LogP contribution in [0.15, 0.2) is 6.20 Å². The molecule has 1 heterocycles. The molecule has 3 N–H and O–H groups in total. The summed E-state index contributed by atoms with van der Waals surface area (Å²) in [7, 11) is 3.56. The molecule has 0 aromatic carbocycles. The molecule has 0 radical (unpaired) electrons. The zero-order valence-electron chi connectivity index (χ0n) is 9.47. The van der Waals surface area contributed by atoms with Gasteiger partial charge in [0.2, 0.25) is 0 Å². The number of nitrogens with one attached hydrogen (secondary N) is 1. The van der Waals surface area contributed by atoms with Crippen LogP contribution in [0.1, 0.15) is 25.1 Å². The summed E-state index contributed by atoms with van der Waals surface area (Å²) in [6.07, 6.45) is 2.62. The van der Waals surface area contributed by atoms with E-state index in [1.807, 2.05) is 7.05 Å². The normalized spacial score (nSPS) is 15.2. The molecule has 0 fully saturated rings. The number of hydrazine groups is 1. The third-order valence-electron chi connectivity index (χ3n) is 2.40. The van der Waals surface area contributed by atoms with E-state index in [0.717, 1.165) is 18.7 Å². The van der Waals surface area contributed by atoms with E-state index in [-0.39, 0.29) is 6.04 Å². The largest absolute Gasteiger partial charge is 0.384 e. The lowest BCUT2D eigenvalue weighted by molar-refractivity contribution is 0.148. The molecule has 0 amide bonds. The van der Waals surface area contributed by atoms with Crippen LogP contribution >= 0.6 is 0 Å². The minimum atomic E-state index is 0.0650. The Labute approximate surface area is 89.8 Å². The Morgan fingerprint density at radius 1 is 1.67 bits per heavy atom. The Balaban J connectivity index is 2.60. The fourth-order valence-corrected chi connectivity index (χ4v) is 1.64. The summed E-state index contributed by atoms with van der Waals surface area (Å²) in [5.41, 5.74) is 3.76. The highest BCUT2D eigenvalue weighted by molar-refractivity contribution is 5.01. The van der Waals surface area contributed by atoms with Crippen molar-refractivity contribution in [1.29, 1.82) is 0 Å². The molecule has 0 spiro atoms. The first-order valence-electron chi connectivity index (χ1n) is 4.98. The molecule has 86 valence electrons. The van der Waals surface area contributed by atoms with E-state index in [0.29, 0.717) is 5.92 Å². The lowest BCUT2D eigenvalue weighted by Gasteiger charge is -2.19. The van der Waals surface area contributed by atoms with E-state index in [1.165, 1.54) is 0 Å². The number of nitrogens with two attached hydrogens (primary N) is 1. The molecule has 1 aromatic rings. The van der Waals surface area contributed by atoms with Crippen LogP contribution < -0.4 is 11.3 Å². The molecular weight excluding hydrogens is 194 g/mol. The summed E-state index contributed by atoms with van der Waals surface area (Å²) in [4.78, 5) is 0. The average molecular weight is 213 g/mol. The van der Waals surface area contributed by atoms with E-state index in [4.69, 9.17) is 10.6 Å². The summed E-state index contributed by atoms with van der Waals surface area (Å²) in [5, 5.41) is 7.71. The second kappa shape index (κ2) is 5.79. The molecule has 0 bridgehead atoms. The van der Waals surface area contributed by atoms with E-state index >= 15 is 0 Å². The average Bonchev–Trinajstić information content (AvgIpc) is 2.61. The van der Waals surface area contributed by atoms with Gasteiger partial charge in [0.25, 0.3) is 0 Å². The van der Waals surface area contributed by atoms with Crippen molar-refractivity contribution in [1.82, 2.24) is 20.4 Å². The Hall–Kier alpha value is -0.980. The monoisotopic (exact) mass is 213 g/mol. The van der Waals surface area contributed by atoms with Crippen LogP contribution in [0.25, 0.3) is 0 Å². The minimum absolute atomic E-state index is 0.0650. The number of hydrogen-bond acceptors (Lipinski definition) is 5. The number of ether oxygens (including phenoxy) is 1. The first kappa shape index (κ1) is 12.1. The molecular formula is C9H19N5O. The second-order valence-electron chi connectivity index (χ2n) is 3.80. The van der Waals surface area contributed by atoms with Gasteiger partial charge in [0, 0.05) is 20.8 Å². The van der Waals surface area contributed by atoms with Crippen LogP contribution in [-0.4, -0.2) is 28.7 Å². The van der Waals surface area contributed by atoms with E-state index in [9.17, 15) is 0 Å². The summed E-state index contributed by atoms with van der Waals surface area (Å²) in [6, 6.07) is 0.0650. The maximum Gasteiger partial charge on any atom is 0.0766 e. The van der Waals surface area contributed by atoms with Crippen molar-refractivity contribution < 1.29 is 4.74 Å². The fraction of sp³-hybridized carbons (Fsp3) is 0.778. The number of hydrogen-bond donors (Lipinski definition) is 2. The van der Waals surface area contributed by atoms with Crippen molar-refractivity contribution in [3.8, 4) is 0 Å². The Morgan fingerprint density at radius 2 is 2.40 bits per heavy atom. The molecule has 6 nitrogen and oxygen atoms in total. The Kier molecular flexibility index (Phi) is 4.67. The molecule has 0 aliphatic rings. The van der Waals surface area contributed by atoms with Crippen molar-refractivity contribution >= 4 is 0 Å². The van der Waals surface area contributed by atoms with Crippen LogP contribution in [0.4, 0.5) is 0 Å². The van der Waals surface area contributed by atoms with Crippen LogP contribution in [0.5, 0.6) is 0 Å². The van der Waals surface area contributed by atoms with Crippen molar-refractivity contribution in [2.45, 2.75) is 19.4 Å². The van der Waals surface area contributed by atoms with Gasteiger partial charge in [-0.1, -0.05) is 12.1 Å². The standard InChI is InChI=1S/C9H19N5O/c1-7(6-15-3)4-8(12-10)9-5-11-13-14(9)2/h5,7-8,12H,4,6,10H2,1-3H3. The summed E-state index contributed by atoms with van der Waals surface area (Å²) >= 11 is 0. The van der Waals surface area contributed by atoms with Gasteiger partial charge >= 0.3 is 0 Å². The van der Waals surface area contributed by atoms with Crippen LogP contribution in [-0.2, 0) is 11.8 Å². The Bertz CT molecular complexity index is 288. The third-order valence-corrected chi connectivity index (χ3v) is 2.40. The minimum Gasteiger partial charge on any atom is -0.384 e. The summed E-state index contributed by atoms with van der Waals surface area (Å²) in [5.74, 6) is 5.95. The van der Waals surface area contributed by atoms with Crippen molar-refractivity contribution in [3.63, 3.8) is 0 Å². The van der Waals surface area contributed by atoms with Gasteiger partial charge in [-0.3, -0.25) is 16.0 Å². The van der Waals surface area contributed by atoms with Gasteiger partial charge in [-0.15, -0.1) is 5.10 Å². The number of aryl methyl sites for hydroxylation is 1. The smallest absolute Gasteiger partial charge is 0.0766 e. The van der Waals surface area contributed by atoms with Gasteiger partial charge < -0.3 is 4.74 Å².